The van der Waals surface area contributed by atoms with Crippen molar-refractivity contribution in [1.29, 1.82) is 0 Å². The van der Waals surface area contributed by atoms with Crippen LogP contribution in [0.4, 0.5) is 32.2 Å². The molecular formula is C11H5Cl2F6N3OS. The summed E-state index contributed by atoms with van der Waals surface area (Å²) in [5.41, 5.74) is -2.05. The summed E-state index contributed by atoms with van der Waals surface area (Å²) in [6.45, 7) is 0. The maximum atomic E-state index is 12.7. The summed E-state index contributed by atoms with van der Waals surface area (Å²) in [6, 6.07) is 1.02. The normalized spacial score (nSPS) is 12.7. The zero-order chi connectivity index (χ0) is 18.4. The van der Waals surface area contributed by atoms with E-state index in [2.05, 4.69) is 0 Å². The van der Waals surface area contributed by atoms with E-state index >= 15 is 0 Å². The highest BCUT2D eigenvalue weighted by Gasteiger charge is 2.35. The van der Waals surface area contributed by atoms with E-state index in [0.29, 0.717) is 16.8 Å². The topological polar surface area (TPSA) is 63.8 Å². The molecule has 1 aromatic heterocycles. The minimum absolute atomic E-state index is 0.380. The number of aromatic amines is 1. The molecule has 132 valence electrons. The molecule has 0 atom stereocenters. The van der Waals surface area contributed by atoms with Crippen LogP contribution in [0.2, 0.25) is 10.0 Å². The Bertz CT molecular complexity index is 819. The molecule has 0 aliphatic heterocycles. The Morgan fingerprint density at radius 1 is 1.08 bits per heavy atom. The molecule has 2 rings (SSSR count). The Labute approximate surface area is 143 Å². The van der Waals surface area contributed by atoms with Crippen LogP contribution >= 0.6 is 35.0 Å². The Kier molecular flexibility index (Phi) is 4.81. The SMILES string of the molecule is Nc1c(SC(F)(F)F)c(=O)[nH]n1-c1c(Cl)cc(C(F)(F)F)cc1Cl. The van der Waals surface area contributed by atoms with Crippen LogP contribution in [0.15, 0.2) is 21.8 Å². The average Bonchev–Trinajstić information content (AvgIpc) is 2.63. The highest BCUT2D eigenvalue weighted by molar-refractivity contribution is 8.00. The van der Waals surface area contributed by atoms with Gasteiger partial charge in [0, 0.05) is 0 Å². The van der Waals surface area contributed by atoms with Gasteiger partial charge in [-0.2, -0.15) is 26.3 Å². The van der Waals surface area contributed by atoms with Gasteiger partial charge in [-0.15, -0.1) is 0 Å². The Morgan fingerprint density at radius 3 is 2.00 bits per heavy atom. The van der Waals surface area contributed by atoms with Gasteiger partial charge in [0.15, 0.2) is 0 Å². The van der Waals surface area contributed by atoms with Gasteiger partial charge in [-0.25, -0.2) is 4.68 Å². The second kappa shape index (κ2) is 6.12. The number of nitrogens with one attached hydrogen (secondary N) is 1. The van der Waals surface area contributed by atoms with Crippen molar-refractivity contribution in [2.24, 2.45) is 0 Å². The van der Waals surface area contributed by atoms with Gasteiger partial charge >= 0.3 is 11.7 Å². The van der Waals surface area contributed by atoms with Crippen molar-refractivity contribution in [1.82, 2.24) is 9.78 Å². The molecule has 0 saturated carbocycles. The van der Waals surface area contributed by atoms with Crippen LogP contribution in [0.5, 0.6) is 0 Å². The molecule has 0 aliphatic rings. The predicted octanol–water partition coefficient (Wildman–Crippen LogP) is 4.69. The number of hydrogen-bond donors (Lipinski definition) is 2. The second-order valence-corrected chi connectivity index (χ2v) is 6.21. The van der Waals surface area contributed by atoms with Crippen LogP contribution in [0.1, 0.15) is 5.56 Å². The summed E-state index contributed by atoms with van der Waals surface area (Å²) in [6.07, 6.45) is -4.74. The smallest absolute Gasteiger partial charge is 0.383 e. The summed E-state index contributed by atoms with van der Waals surface area (Å²) in [5.74, 6) is -0.689. The number of thioether (sulfide) groups is 1. The third-order valence-electron chi connectivity index (χ3n) is 2.68. The molecule has 0 fully saturated rings. The molecule has 0 unspecified atom stereocenters. The number of halogens is 8. The molecule has 0 amide bonds. The van der Waals surface area contributed by atoms with Crippen LogP contribution in [0.25, 0.3) is 5.69 Å². The Balaban J connectivity index is 2.62. The fraction of sp³-hybridized carbons (Fsp3) is 0.182. The van der Waals surface area contributed by atoms with Gasteiger partial charge in [0.25, 0.3) is 5.56 Å². The summed E-state index contributed by atoms with van der Waals surface area (Å²) in [5, 5.41) is 0.839. The molecule has 0 bridgehead atoms. The third-order valence-corrected chi connectivity index (χ3v) is 4.09. The van der Waals surface area contributed by atoms with Crippen LogP contribution in [0.3, 0.4) is 0 Å². The third kappa shape index (κ3) is 3.78. The van der Waals surface area contributed by atoms with E-state index in [1.54, 1.807) is 0 Å². The van der Waals surface area contributed by atoms with Crippen molar-refractivity contribution < 1.29 is 26.3 Å². The van der Waals surface area contributed by atoms with Crippen LogP contribution < -0.4 is 11.3 Å². The molecule has 13 heteroatoms. The molecule has 1 heterocycles. The van der Waals surface area contributed by atoms with Crippen molar-refractivity contribution >= 4 is 40.8 Å². The lowest BCUT2D eigenvalue weighted by molar-refractivity contribution is -0.137. The lowest BCUT2D eigenvalue weighted by Crippen LogP contribution is -2.10. The summed E-state index contributed by atoms with van der Waals surface area (Å²) in [7, 11) is 0. The fourth-order valence-corrected chi connectivity index (χ4v) is 2.99. The molecule has 0 saturated heterocycles. The van der Waals surface area contributed by atoms with Gasteiger partial charge in [-0.1, -0.05) is 23.2 Å². The maximum absolute atomic E-state index is 12.7. The van der Waals surface area contributed by atoms with Crippen molar-refractivity contribution in [2.75, 3.05) is 5.73 Å². The molecule has 0 aliphatic carbocycles. The first-order chi connectivity index (χ1) is 10.8. The van der Waals surface area contributed by atoms with Gasteiger partial charge in [0.1, 0.15) is 16.4 Å². The van der Waals surface area contributed by atoms with Gasteiger partial charge in [0.2, 0.25) is 0 Å². The number of H-pyrrole nitrogens is 1. The molecule has 1 aromatic carbocycles. The Hall–Kier alpha value is -1.46. The molecule has 0 radical (unpaired) electrons. The van der Waals surface area contributed by atoms with E-state index in [9.17, 15) is 31.1 Å². The van der Waals surface area contributed by atoms with Crippen molar-refractivity contribution in [3.8, 4) is 5.69 Å². The number of rotatable bonds is 2. The molecule has 24 heavy (non-hydrogen) atoms. The molecule has 4 nitrogen and oxygen atoms in total. The van der Waals surface area contributed by atoms with Crippen LogP contribution in [-0.4, -0.2) is 15.3 Å². The first-order valence-electron chi connectivity index (χ1n) is 5.74. The highest BCUT2D eigenvalue weighted by Crippen LogP contribution is 2.41. The Morgan fingerprint density at radius 2 is 1.58 bits per heavy atom. The van der Waals surface area contributed by atoms with E-state index in [0.717, 1.165) is 0 Å². The van der Waals surface area contributed by atoms with Gasteiger partial charge in [0.05, 0.1) is 15.6 Å². The van der Waals surface area contributed by atoms with E-state index in [1.165, 1.54) is 0 Å². The monoisotopic (exact) mass is 411 g/mol. The second-order valence-electron chi connectivity index (χ2n) is 4.32. The van der Waals surface area contributed by atoms with Crippen molar-refractivity contribution in [3.05, 3.63) is 38.1 Å². The van der Waals surface area contributed by atoms with Crippen molar-refractivity contribution in [2.45, 2.75) is 16.6 Å². The number of anilines is 1. The highest BCUT2D eigenvalue weighted by atomic mass is 35.5. The van der Waals surface area contributed by atoms with Crippen LogP contribution in [0, 0.1) is 0 Å². The first-order valence-corrected chi connectivity index (χ1v) is 7.31. The number of nitrogens with zero attached hydrogens (tertiary/aromatic N) is 1. The van der Waals surface area contributed by atoms with Gasteiger partial charge < -0.3 is 5.73 Å². The van der Waals surface area contributed by atoms with E-state index in [1.807, 2.05) is 5.10 Å². The van der Waals surface area contributed by atoms with Crippen LogP contribution in [-0.2, 0) is 6.18 Å². The zero-order valence-corrected chi connectivity index (χ0v) is 13.3. The lowest BCUT2D eigenvalue weighted by Gasteiger charge is -2.14. The quantitative estimate of drug-likeness (QED) is 0.556. The minimum atomic E-state index is -4.79. The number of nitrogens with two attached hydrogens (primary N) is 1. The van der Waals surface area contributed by atoms with E-state index < -0.39 is 55.3 Å². The summed E-state index contributed by atoms with van der Waals surface area (Å²) >= 11 is 10.7. The van der Waals surface area contributed by atoms with Gasteiger partial charge in [-0.05, 0) is 23.9 Å². The lowest BCUT2D eigenvalue weighted by atomic mass is 10.2. The predicted molar refractivity (Wildman–Crippen MR) is 77.7 cm³/mol. The average molecular weight is 412 g/mol. The first kappa shape index (κ1) is 18.9. The van der Waals surface area contributed by atoms with Gasteiger partial charge in [-0.3, -0.25) is 9.89 Å². The minimum Gasteiger partial charge on any atom is -0.383 e. The summed E-state index contributed by atoms with van der Waals surface area (Å²) < 4.78 is 75.9. The van der Waals surface area contributed by atoms with Crippen molar-refractivity contribution in [3.63, 3.8) is 0 Å². The number of benzene rings is 1. The molecule has 3 N–H and O–H groups in total. The summed E-state index contributed by atoms with van der Waals surface area (Å²) in [4.78, 5) is 10.7. The number of nitrogen functional groups attached to an aromatic ring is 1. The number of aromatic nitrogens is 2. The standard InChI is InChI=1S/C11H5Cl2F6N3OS/c12-4-1-3(10(14,15)16)2-5(13)6(4)22-8(20)7(9(23)21-22)24-11(17,18)19/h1-2H,20H2,(H,21,23). The fourth-order valence-electron chi connectivity index (χ4n) is 1.76. The maximum Gasteiger partial charge on any atom is 0.446 e. The number of alkyl halides is 6. The van der Waals surface area contributed by atoms with E-state index in [-0.39, 0.29) is 5.69 Å². The van der Waals surface area contributed by atoms with E-state index in [4.69, 9.17) is 28.9 Å². The zero-order valence-electron chi connectivity index (χ0n) is 11.0. The molecule has 0 spiro atoms. The molecule has 2 aromatic rings. The molecular weight excluding hydrogens is 407 g/mol. The largest absolute Gasteiger partial charge is 0.446 e. The number of hydrogen-bond acceptors (Lipinski definition) is 3.